The highest BCUT2D eigenvalue weighted by Gasteiger charge is 2.14. The van der Waals surface area contributed by atoms with Gasteiger partial charge >= 0.3 is 0 Å². The smallest absolute Gasteiger partial charge is 0.150 e. The first-order valence-corrected chi connectivity index (χ1v) is 5.94. The fourth-order valence-electron chi connectivity index (χ4n) is 1.88. The average Bonchev–Trinajstić information content (AvgIpc) is 2.68. The zero-order valence-electron chi connectivity index (χ0n) is 10.7. The monoisotopic (exact) mass is 246 g/mol. The number of hydrogen-bond donors (Lipinski definition) is 2. The molecule has 0 fully saturated rings. The molecule has 1 heterocycles. The van der Waals surface area contributed by atoms with Crippen LogP contribution in [0.1, 0.15) is 19.2 Å². The van der Waals surface area contributed by atoms with E-state index in [1.165, 1.54) is 4.68 Å². The molecule has 0 aliphatic carbocycles. The lowest BCUT2D eigenvalue weighted by Crippen LogP contribution is -2.15. The van der Waals surface area contributed by atoms with Gasteiger partial charge in [-0.1, -0.05) is 19.1 Å². The quantitative estimate of drug-likeness (QED) is 0.806. The molecule has 18 heavy (non-hydrogen) atoms. The molecule has 0 aliphatic heterocycles. The fourth-order valence-corrected chi connectivity index (χ4v) is 1.88. The maximum Gasteiger partial charge on any atom is 0.150 e. The Morgan fingerprint density at radius 3 is 2.83 bits per heavy atom. The maximum atomic E-state index is 5.99. The molecule has 0 spiro atoms. The molecule has 0 radical (unpaired) electrons. The normalized spacial score (nSPS) is 10.6. The Balaban J connectivity index is 2.46. The van der Waals surface area contributed by atoms with Gasteiger partial charge in [-0.25, -0.2) is 9.66 Å². The van der Waals surface area contributed by atoms with Gasteiger partial charge in [-0.05, 0) is 18.6 Å². The highest BCUT2D eigenvalue weighted by molar-refractivity contribution is 5.72. The number of imidazole rings is 1. The van der Waals surface area contributed by atoms with E-state index in [0.717, 1.165) is 30.0 Å². The van der Waals surface area contributed by atoms with Crippen LogP contribution < -0.4 is 16.3 Å². The second-order valence-electron chi connectivity index (χ2n) is 4.11. The number of nitrogens with two attached hydrogens (primary N) is 2. The topological polar surface area (TPSA) is 79.1 Å². The summed E-state index contributed by atoms with van der Waals surface area (Å²) in [4.78, 5) is 4.50. The summed E-state index contributed by atoms with van der Waals surface area (Å²) >= 11 is 0. The number of nitrogen functional groups attached to an aromatic ring is 2. The number of hydrogen-bond acceptors (Lipinski definition) is 4. The Morgan fingerprint density at radius 1 is 1.39 bits per heavy atom. The number of aryl methyl sites for hydroxylation is 1. The van der Waals surface area contributed by atoms with Crippen LogP contribution in [-0.2, 0) is 6.42 Å². The number of rotatable bonds is 4. The summed E-state index contributed by atoms with van der Waals surface area (Å²) in [6.45, 7) is 2.08. The van der Waals surface area contributed by atoms with E-state index in [-0.39, 0.29) is 0 Å². The summed E-state index contributed by atoms with van der Waals surface area (Å²) in [6.07, 6.45) is 1.79. The largest absolute Gasteiger partial charge is 0.497 e. The predicted octanol–water partition coefficient (Wildman–Crippen LogP) is 1.81. The molecule has 5 nitrogen and oxygen atoms in total. The molecule has 1 aromatic heterocycles. The minimum atomic E-state index is 0.478. The lowest BCUT2D eigenvalue weighted by molar-refractivity contribution is 0.415. The molecule has 0 aliphatic rings. The highest BCUT2D eigenvalue weighted by atomic mass is 16.5. The fraction of sp³-hybridized carbons (Fsp3) is 0.308. The third-order valence-electron chi connectivity index (χ3n) is 2.84. The van der Waals surface area contributed by atoms with Gasteiger partial charge in [0.1, 0.15) is 17.3 Å². The Labute approximate surface area is 106 Å². The summed E-state index contributed by atoms with van der Waals surface area (Å²) in [7, 11) is 1.63. The van der Waals surface area contributed by atoms with Crippen molar-refractivity contribution in [1.29, 1.82) is 0 Å². The Morgan fingerprint density at radius 2 is 2.17 bits per heavy atom. The lowest BCUT2D eigenvalue weighted by atomic mass is 10.1. The van der Waals surface area contributed by atoms with E-state index in [2.05, 4.69) is 11.9 Å². The van der Waals surface area contributed by atoms with E-state index in [9.17, 15) is 0 Å². The Bertz CT molecular complexity index is 548. The van der Waals surface area contributed by atoms with Crippen molar-refractivity contribution >= 4 is 5.82 Å². The molecule has 2 aromatic rings. The average molecular weight is 246 g/mol. The van der Waals surface area contributed by atoms with Crippen molar-refractivity contribution in [2.45, 2.75) is 19.8 Å². The molecule has 0 bridgehead atoms. The van der Waals surface area contributed by atoms with Gasteiger partial charge in [-0.2, -0.15) is 0 Å². The van der Waals surface area contributed by atoms with Crippen LogP contribution in [0.5, 0.6) is 5.75 Å². The lowest BCUT2D eigenvalue weighted by Gasteiger charge is -2.03. The SMILES string of the molecule is CCCc1nc(-c2cccc(OC)c2)c(N)n1N. The molecule has 5 heteroatoms. The maximum absolute atomic E-state index is 5.99. The second kappa shape index (κ2) is 5.00. The van der Waals surface area contributed by atoms with Crippen LogP contribution in [-0.4, -0.2) is 16.8 Å². The summed E-state index contributed by atoms with van der Waals surface area (Å²) in [5.74, 6) is 7.95. The van der Waals surface area contributed by atoms with Gasteiger partial charge in [0.15, 0.2) is 5.82 Å². The number of aromatic nitrogens is 2. The van der Waals surface area contributed by atoms with Crippen LogP contribution in [0.2, 0.25) is 0 Å². The minimum absolute atomic E-state index is 0.478. The van der Waals surface area contributed by atoms with Gasteiger partial charge in [0.05, 0.1) is 7.11 Å². The van der Waals surface area contributed by atoms with Crippen molar-refractivity contribution in [3.8, 4) is 17.0 Å². The van der Waals surface area contributed by atoms with Crippen LogP contribution in [0.4, 0.5) is 5.82 Å². The molecule has 4 N–H and O–H groups in total. The summed E-state index contributed by atoms with van der Waals surface area (Å²) in [5.41, 5.74) is 7.61. The van der Waals surface area contributed by atoms with E-state index in [1.54, 1.807) is 7.11 Å². The van der Waals surface area contributed by atoms with Crippen molar-refractivity contribution in [2.24, 2.45) is 0 Å². The zero-order valence-corrected chi connectivity index (χ0v) is 10.7. The summed E-state index contributed by atoms with van der Waals surface area (Å²) < 4.78 is 6.65. The van der Waals surface area contributed by atoms with Gasteiger partial charge in [0, 0.05) is 12.0 Å². The van der Waals surface area contributed by atoms with Crippen molar-refractivity contribution in [3.63, 3.8) is 0 Å². The first-order chi connectivity index (χ1) is 8.67. The van der Waals surface area contributed by atoms with Crippen molar-refractivity contribution < 1.29 is 4.74 Å². The van der Waals surface area contributed by atoms with Crippen LogP contribution in [0.25, 0.3) is 11.3 Å². The molecule has 2 rings (SSSR count). The molecule has 0 saturated heterocycles. The van der Waals surface area contributed by atoms with Crippen molar-refractivity contribution in [2.75, 3.05) is 18.7 Å². The molecule has 0 saturated carbocycles. The van der Waals surface area contributed by atoms with Crippen LogP contribution in [0.15, 0.2) is 24.3 Å². The van der Waals surface area contributed by atoms with Gasteiger partial charge in [0.2, 0.25) is 0 Å². The van der Waals surface area contributed by atoms with Gasteiger partial charge in [-0.15, -0.1) is 0 Å². The van der Waals surface area contributed by atoms with Crippen LogP contribution in [0.3, 0.4) is 0 Å². The van der Waals surface area contributed by atoms with E-state index >= 15 is 0 Å². The Hall–Kier alpha value is -2.17. The zero-order chi connectivity index (χ0) is 13.1. The molecular weight excluding hydrogens is 228 g/mol. The second-order valence-corrected chi connectivity index (χ2v) is 4.11. The van der Waals surface area contributed by atoms with E-state index < -0.39 is 0 Å². The molecule has 0 atom stereocenters. The van der Waals surface area contributed by atoms with Gasteiger partial charge in [0.25, 0.3) is 0 Å². The van der Waals surface area contributed by atoms with E-state index in [1.807, 2.05) is 24.3 Å². The first-order valence-electron chi connectivity index (χ1n) is 5.94. The number of methoxy groups -OCH3 is 1. The minimum Gasteiger partial charge on any atom is -0.497 e. The first kappa shape index (κ1) is 12.3. The molecule has 1 aromatic carbocycles. The van der Waals surface area contributed by atoms with Gasteiger partial charge in [-0.3, -0.25) is 0 Å². The van der Waals surface area contributed by atoms with Gasteiger partial charge < -0.3 is 16.3 Å². The Kier molecular flexibility index (Phi) is 3.41. The number of ether oxygens (including phenoxy) is 1. The number of anilines is 1. The molecular formula is C13H18N4O. The van der Waals surface area contributed by atoms with Crippen LogP contribution in [0, 0.1) is 0 Å². The predicted molar refractivity (Wildman–Crippen MR) is 72.8 cm³/mol. The molecule has 0 amide bonds. The van der Waals surface area contributed by atoms with Crippen LogP contribution >= 0.6 is 0 Å². The summed E-state index contributed by atoms with van der Waals surface area (Å²) in [6, 6.07) is 7.63. The highest BCUT2D eigenvalue weighted by Crippen LogP contribution is 2.28. The molecule has 96 valence electrons. The summed E-state index contributed by atoms with van der Waals surface area (Å²) in [5, 5.41) is 0. The molecule has 0 unspecified atom stereocenters. The van der Waals surface area contributed by atoms with Crippen molar-refractivity contribution in [3.05, 3.63) is 30.1 Å². The van der Waals surface area contributed by atoms with E-state index in [4.69, 9.17) is 16.3 Å². The van der Waals surface area contributed by atoms with E-state index in [0.29, 0.717) is 11.5 Å². The standard InChI is InChI=1S/C13H18N4O/c1-3-5-11-16-12(13(14)17(11)15)9-6-4-7-10(8-9)18-2/h4,6-8H,3,5,14-15H2,1-2H3. The number of nitrogens with zero attached hydrogens (tertiary/aromatic N) is 2. The van der Waals surface area contributed by atoms with Crippen molar-refractivity contribution in [1.82, 2.24) is 9.66 Å². The third kappa shape index (κ3) is 2.11. The number of benzene rings is 1. The third-order valence-corrected chi connectivity index (χ3v) is 2.84.